The third-order valence-electron chi connectivity index (χ3n) is 4.21. The van der Waals surface area contributed by atoms with Crippen molar-refractivity contribution in [3.63, 3.8) is 0 Å². The Morgan fingerprint density at radius 2 is 2.23 bits per heavy atom. The number of carbonyl (C=O) groups excluding carboxylic acids is 1. The van der Waals surface area contributed by atoms with Gasteiger partial charge in [-0.25, -0.2) is 9.97 Å². The molecular weight excluding hydrogens is 429 g/mol. The molecule has 0 radical (unpaired) electrons. The van der Waals surface area contributed by atoms with Gasteiger partial charge in [0.25, 0.3) is 5.91 Å². The Balaban J connectivity index is 1.53. The number of aryl methyl sites for hydroxylation is 1. The van der Waals surface area contributed by atoms with Crippen LogP contribution < -0.4 is 5.32 Å². The molecule has 0 aliphatic carbocycles. The van der Waals surface area contributed by atoms with E-state index in [1.165, 1.54) is 11.8 Å². The van der Waals surface area contributed by atoms with E-state index in [0.717, 1.165) is 27.6 Å². The smallest absolute Gasteiger partial charge is 0.280 e. The van der Waals surface area contributed by atoms with Crippen LogP contribution in [0.15, 0.2) is 58.1 Å². The number of aromatic nitrogens is 3. The average molecular weight is 448 g/mol. The van der Waals surface area contributed by atoms with E-state index in [1.54, 1.807) is 18.3 Å². The van der Waals surface area contributed by atoms with Gasteiger partial charge in [-0.2, -0.15) is 4.39 Å². The molecule has 1 saturated heterocycles. The van der Waals surface area contributed by atoms with Crippen LogP contribution in [0.1, 0.15) is 12.0 Å². The summed E-state index contributed by atoms with van der Waals surface area (Å²) in [5.41, 5.74) is 0.638. The van der Waals surface area contributed by atoms with Gasteiger partial charge in [-0.3, -0.25) is 10.1 Å². The third kappa shape index (κ3) is 5.04. The molecule has 1 atom stereocenters. The Bertz CT molecular complexity index is 1040. The number of carbonyl (C=O) groups is 1. The number of halogens is 1. The van der Waals surface area contributed by atoms with Gasteiger partial charge in [0.2, 0.25) is 0 Å². The van der Waals surface area contributed by atoms with Gasteiger partial charge in [0.15, 0.2) is 27.2 Å². The Hall–Kier alpha value is -2.76. The molecule has 1 aliphatic rings. The van der Waals surface area contributed by atoms with Crippen molar-refractivity contribution >= 4 is 39.8 Å². The Kier molecular flexibility index (Phi) is 6.41. The van der Waals surface area contributed by atoms with Crippen molar-refractivity contribution in [2.45, 2.75) is 22.6 Å². The minimum atomic E-state index is -0.534. The minimum absolute atomic E-state index is 0.0750. The zero-order valence-electron chi connectivity index (χ0n) is 15.9. The number of ether oxygens (including phenoxy) is 1. The van der Waals surface area contributed by atoms with Crippen LogP contribution in [-0.4, -0.2) is 45.5 Å². The number of rotatable bonds is 7. The average Bonchev–Trinajstić information content (AvgIpc) is 3.48. The van der Waals surface area contributed by atoms with Crippen LogP contribution in [0.25, 0.3) is 0 Å². The molecule has 0 bridgehead atoms. The third-order valence-corrected chi connectivity index (χ3v) is 5.99. The Morgan fingerprint density at radius 3 is 2.87 bits per heavy atom. The van der Waals surface area contributed by atoms with Crippen molar-refractivity contribution in [3.05, 3.63) is 53.6 Å². The number of nitrogens with one attached hydrogen (secondary N) is 1. The van der Waals surface area contributed by atoms with Crippen LogP contribution in [0.4, 0.5) is 9.52 Å². The van der Waals surface area contributed by atoms with Crippen molar-refractivity contribution in [2.24, 2.45) is 12.2 Å². The van der Waals surface area contributed by atoms with Gasteiger partial charge < -0.3 is 14.1 Å². The maximum Gasteiger partial charge on any atom is 0.280 e. The number of benzene rings is 1. The van der Waals surface area contributed by atoms with Gasteiger partial charge in [-0.1, -0.05) is 40.4 Å². The van der Waals surface area contributed by atoms with Crippen LogP contribution in [0.2, 0.25) is 0 Å². The number of anilines is 1. The monoisotopic (exact) mass is 447 g/mol. The van der Waals surface area contributed by atoms with E-state index in [4.69, 9.17) is 9.57 Å². The Labute approximate surface area is 180 Å². The first kappa shape index (κ1) is 20.5. The number of thiazole rings is 1. The molecule has 1 fully saturated rings. The highest BCUT2D eigenvalue weighted by Gasteiger charge is 2.21. The SMILES string of the molecule is Cn1ccnc1Sc1ccc(/C(=N\O[C@@H]2CCOC2)C(=O)Nc2ncc(F)s2)cc1. The normalized spacial score (nSPS) is 16.6. The minimum Gasteiger partial charge on any atom is -0.389 e. The lowest BCUT2D eigenvalue weighted by molar-refractivity contribution is -0.110. The summed E-state index contributed by atoms with van der Waals surface area (Å²) < 4.78 is 20.4. The van der Waals surface area contributed by atoms with Crippen molar-refractivity contribution in [1.29, 1.82) is 0 Å². The lowest BCUT2D eigenvalue weighted by Gasteiger charge is -2.10. The number of imidazole rings is 1. The van der Waals surface area contributed by atoms with Crippen LogP contribution in [-0.2, 0) is 21.4 Å². The summed E-state index contributed by atoms with van der Waals surface area (Å²) >= 11 is 2.24. The molecule has 8 nitrogen and oxygen atoms in total. The molecule has 3 aromatic rings. The molecule has 3 heterocycles. The quantitative estimate of drug-likeness (QED) is 0.441. The molecule has 0 saturated carbocycles. The van der Waals surface area contributed by atoms with E-state index in [9.17, 15) is 9.18 Å². The van der Waals surface area contributed by atoms with E-state index in [0.29, 0.717) is 25.2 Å². The van der Waals surface area contributed by atoms with Crippen molar-refractivity contribution in [3.8, 4) is 0 Å². The highest BCUT2D eigenvalue weighted by atomic mass is 32.2. The van der Waals surface area contributed by atoms with Crippen LogP contribution in [0, 0.1) is 5.13 Å². The maximum absolute atomic E-state index is 13.2. The first-order valence-electron chi connectivity index (χ1n) is 9.08. The van der Waals surface area contributed by atoms with Gasteiger partial charge in [-0.05, 0) is 12.1 Å². The highest BCUT2D eigenvalue weighted by molar-refractivity contribution is 7.99. The second-order valence-electron chi connectivity index (χ2n) is 6.40. The second kappa shape index (κ2) is 9.37. The molecule has 1 aromatic carbocycles. The maximum atomic E-state index is 13.2. The molecule has 156 valence electrons. The molecule has 1 amide bonds. The summed E-state index contributed by atoms with van der Waals surface area (Å²) in [6.07, 6.45) is 5.15. The lowest BCUT2D eigenvalue weighted by Crippen LogP contribution is -2.25. The fourth-order valence-corrected chi connectivity index (χ4v) is 3.99. The first-order chi connectivity index (χ1) is 14.6. The van der Waals surface area contributed by atoms with E-state index in [-0.39, 0.29) is 16.9 Å². The molecular formula is C19H18FN5O3S2. The first-order valence-corrected chi connectivity index (χ1v) is 10.7. The topological polar surface area (TPSA) is 90.6 Å². The summed E-state index contributed by atoms with van der Waals surface area (Å²) in [6, 6.07) is 7.31. The van der Waals surface area contributed by atoms with Gasteiger partial charge in [-0.15, -0.1) is 0 Å². The predicted molar refractivity (Wildman–Crippen MR) is 111 cm³/mol. The Morgan fingerprint density at radius 1 is 1.40 bits per heavy atom. The van der Waals surface area contributed by atoms with E-state index in [2.05, 4.69) is 20.4 Å². The highest BCUT2D eigenvalue weighted by Crippen LogP contribution is 2.26. The van der Waals surface area contributed by atoms with Crippen molar-refractivity contribution < 1.29 is 18.8 Å². The summed E-state index contributed by atoms with van der Waals surface area (Å²) in [4.78, 5) is 27.4. The summed E-state index contributed by atoms with van der Waals surface area (Å²) in [5.74, 6) is -0.534. The van der Waals surface area contributed by atoms with Gasteiger partial charge in [0, 0.05) is 36.3 Å². The molecule has 0 spiro atoms. The predicted octanol–water partition coefficient (Wildman–Crippen LogP) is 3.32. The second-order valence-corrected chi connectivity index (χ2v) is 8.42. The van der Waals surface area contributed by atoms with Gasteiger partial charge in [0.1, 0.15) is 0 Å². The van der Waals surface area contributed by atoms with Crippen LogP contribution in [0.3, 0.4) is 0 Å². The van der Waals surface area contributed by atoms with E-state index >= 15 is 0 Å². The fourth-order valence-electron chi connectivity index (χ4n) is 2.65. The molecule has 0 unspecified atom stereocenters. The number of hydrogen-bond donors (Lipinski definition) is 1. The summed E-state index contributed by atoms with van der Waals surface area (Å²) in [7, 11) is 1.92. The van der Waals surface area contributed by atoms with Crippen LogP contribution >= 0.6 is 23.1 Å². The molecule has 2 aromatic heterocycles. The van der Waals surface area contributed by atoms with E-state index in [1.807, 2.05) is 29.9 Å². The number of oxime groups is 1. The molecule has 4 rings (SSSR count). The van der Waals surface area contributed by atoms with Crippen LogP contribution in [0.5, 0.6) is 0 Å². The molecule has 11 heteroatoms. The molecule has 1 aliphatic heterocycles. The zero-order valence-corrected chi connectivity index (χ0v) is 17.6. The summed E-state index contributed by atoms with van der Waals surface area (Å²) in [6.45, 7) is 1.02. The lowest BCUT2D eigenvalue weighted by atomic mass is 10.1. The number of hydrogen-bond acceptors (Lipinski definition) is 8. The van der Waals surface area contributed by atoms with Gasteiger partial charge >= 0.3 is 0 Å². The van der Waals surface area contributed by atoms with Gasteiger partial charge in [0.05, 0.1) is 19.4 Å². The fraction of sp³-hybridized carbons (Fsp3) is 0.263. The van der Waals surface area contributed by atoms with Crippen molar-refractivity contribution in [2.75, 3.05) is 18.5 Å². The summed E-state index contributed by atoms with van der Waals surface area (Å²) in [5, 5.41) is 7.16. The number of amides is 1. The largest absolute Gasteiger partial charge is 0.389 e. The van der Waals surface area contributed by atoms with E-state index < -0.39 is 11.0 Å². The molecule has 1 N–H and O–H groups in total. The zero-order chi connectivity index (χ0) is 20.9. The van der Waals surface area contributed by atoms with Crippen molar-refractivity contribution in [1.82, 2.24) is 14.5 Å². The number of nitrogens with zero attached hydrogens (tertiary/aromatic N) is 4. The molecule has 30 heavy (non-hydrogen) atoms. The standard InChI is InChI=1S/C19H18FN5O3S2/c1-25-8-7-21-19(25)29-14-4-2-12(3-5-14)16(24-28-13-6-9-27-11-13)17(26)23-18-22-10-15(20)30-18/h2-5,7-8,10,13H,6,9,11H2,1H3,(H,22,23,26)/b24-16+/t13-/m1/s1.